The van der Waals surface area contributed by atoms with E-state index in [1.165, 1.54) is 27.7 Å². The number of nitrogens with zero attached hydrogens (tertiary/aromatic N) is 1. The highest BCUT2D eigenvalue weighted by Gasteiger charge is 2.10. The van der Waals surface area contributed by atoms with Gasteiger partial charge in [0.2, 0.25) is 0 Å². The summed E-state index contributed by atoms with van der Waals surface area (Å²) in [6.07, 6.45) is 1.96. The van der Waals surface area contributed by atoms with Gasteiger partial charge in [0.15, 0.2) is 0 Å². The average Bonchev–Trinajstić information content (AvgIpc) is 2.62. The van der Waals surface area contributed by atoms with Crippen molar-refractivity contribution in [1.82, 2.24) is 9.88 Å². The zero-order chi connectivity index (χ0) is 13.1. The van der Waals surface area contributed by atoms with Crippen molar-refractivity contribution in [2.45, 2.75) is 33.9 Å². The molecule has 0 aliphatic carbocycles. The van der Waals surface area contributed by atoms with E-state index >= 15 is 0 Å². The van der Waals surface area contributed by atoms with Crippen molar-refractivity contribution in [3.8, 4) is 0 Å². The number of fused-ring (bicyclic) bond motifs is 1. The highest BCUT2D eigenvalue weighted by molar-refractivity contribution is 5.86. The molecule has 0 fully saturated rings. The maximum atomic E-state index is 3.84. The number of hydrogen-bond acceptors (Lipinski definition) is 1. The fraction of sp³-hybridized carbons (Fsp3) is 0.375. The number of aryl methyl sites for hydroxylation is 1. The maximum Gasteiger partial charge on any atom is 0.0488 e. The van der Waals surface area contributed by atoms with Crippen LogP contribution in [-0.4, -0.2) is 11.1 Å². The third-order valence-corrected chi connectivity index (χ3v) is 3.59. The maximum absolute atomic E-state index is 3.84. The van der Waals surface area contributed by atoms with Crippen molar-refractivity contribution >= 4 is 10.9 Å². The summed E-state index contributed by atoms with van der Waals surface area (Å²) in [5, 5.41) is 4.74. The van der Waals surface area contributed by atoms with Gasteiger partial charge in [-0.15, -0.1) is 6.58 Å². The minimum atomic E-state index is 0.878. The Hall–Kier alpha value is -1.54. The van der Waals surface area contributed by atoms with Crippen LogP contribution in [0.15, 0.2) is 30.9 Å². The molecule has 0 saturated carbocycles. The molecule has 0 saturated heterocycles. The first kappa shape index (κ1) is 12.9. The number of allylic oxidation sites excluding steroid dienone is 1. The van der Waals surface area contributed by atoms with E-state index in [9.17, 15) is 0 Å². The van der Waals surface area contributed by atoms with Gasteiger partial charge in [-0.1, -0.05) is 19.1 Å². The lowest BCUT2D eigenvalue weighted by molar-refractivity contribution is 0.727. The van der Waals surface area contributed by atoms with Crippen LogP contribution >= 0.6 is 0 Å². The Balaban J connectivity index is 2.50. The Kier molecular flexibility index (Phi) is 3.87. The molecule has 0 aliphatic rings. The lowest BCUT2D eigenvalue weighted by atomic mass is 10.1. The average molecular weight is 242 g/mol. The molecule has 2 nitrogen and oxygen atoms in total. The van der Waals surface area contributed by atoms with Crippen LogP contribution in [-0.2, 0) is 13.1 Å². The molecule has 0 amide bonds. The van der Waals surface area contributed by atoms with Gasteiger partial charge in [0.1, 0.15) is 0 Å². The Morgan fingerprint density at radius 2 is 2.11 bits per heavy atom. The molecule has 0 atom stereocenters. The van der Waals surface area contributed by atoms with Crippen LogP contribution in [0.5, 0.6) is 0 Å². The Morgan fingerprint density at radius 3 is 2.78 bits per heavy atom. The Bertz CT molecular complexity index is 564. The topological polar surface area (TPSA) is 17.0 Å². The first-order chi connectivity index (χ1) is 8.69. The molecule has 2 aromatic rings. The predicted molar refractivity (Wildman–Crippen MR) is 79.0 cm³/mol. The van der Waals surface area contributed by atoms with E-state index in [4.69, 9.17) is 0 Å². The minimum Gasteiger partial charge on any atom is -0.341 e. The standard InChI is InChI=1S/C16H22N2/c1-5-9-18-13(4)12(3)15-10-14(11-17-6-2)7-8-16(15)18/h5,7-8,10,17H,1,6,9,11H2,2-4H3. The summed E-state index contributed by atoms with van der Waals surface area (Å²) in [4.78, 5) is 0. The first-order valence-corrected chi connectivity index (χ1v) is 6.59. The van der Waals surface area contributed by atoms with Crippen molar-refractivity contribution in [3.63, 3.8) is 0 Å². The summed E-state index contributed by atoms with van der Waals surface area (Å²) >= 11 is 0. The fourth-order valence-electron chi connectivity index (χ4n) is 2.44. The normalized spacial score (nSPS) is 11.1. The van der Waals surface area contributed by atoms with Gasteiger partial charge in [0.05, 0.1) is 0 Å². The molecule has 1 N–H and O–H groups in total. The quantitative estimate of drug-likeness (QED) is 0.793. The minimum absolute atomic E-state index is 0.878. The van der Waals surface area contributed by atoms with Crippen LogP contribution in [0.3, 0.4) is 0 Å². The van der Waals surface area contributed by atoms with Crippen molar-refractivity contribution < 1.29 is 0 Å². The van der Waals surface area contributed by atoms with Gasteiger partial charge >= 0.3 is 0 Å². The zero-order valence-corrected chi connectivity index (χ0v) is 11.6. The summed E-state index contributed by atoms with van der Waals surface area (Å²) < 4.78 is 2.33. The molecule has 0 spiro atoms. The van der Waals surface area contributed by atoms with E-state index in [1.807, 2.05) is 6.08 Å². The summed E-state index contributed by atoms with van der Waals surface area (Å²) in [5.41, 5.74) is 5.38. The summed E-state index contributed by atoms with van der Waals surface area (Å²) in [5.74, 6) is 0. The van der Waals surface area contributed by atoms with Crippen LogP contribution in [0.1, 0.15) is 23.7 Å². The Labute approximate surface area is 109 Å². The smallest absolute Gasteiger partial charge is 0.0488 e. The molecule has 0 bridgehead atoms. The molecule has 2 heteroatoms. The van der Waals surface area contributed by atoms with Crippen molar-refractivity contribution in [2.24, 2.45) is 0 Å². The molecule has 2 rings (SSSR count). The van der Waals surface area contributed by atoms with Crippen molar-refractivity contribution in [2.75, 3.05) is 6.54 Å². The predicted octanol–water partition coefficient (Wildman–Crippen LogP) is 3.55. The molecule has 0 unspecified atom stereocenters. The van der Waals surface area contributed by atoms with E-state index in [-0.39, 0.29) is 0 Å². The lowest BCUT2D eigenvalue weighted by Gasteiger charge is -2.06. The van der Waals surface area contributed by atoms with E-state index in [0.717, 1.165) is 19.6 Å². The second-order valence-electron chi connectivity index (χ2n) is 4.74. The van der Waals surface area contributed by atoms with Gasteiger partial charge in [-0.2, -0.15) is 0 Å². The number of aromatic nitrogens is 1. The molecular weight excluding hydrogens is 220 g/mol. The molecule has 0 aliphatic heterocycles. The second-order valence-corrected chi connectivity index (χ2v) is 4.74. The Morgan fingerprint density at radius 1 is 1.33 bits per heavy atom. The van der Waals surface area contributed by atoms with E-state index in [0.29, 0.717) is 0 Å². The van der Waals surface area contributed by atoms with E-state index in [2.05, 4.69) is 55.4 Å². The highest BCUT2D eigenvalue weighted by atomic mass is 15.0. The number of benzene rings is 1. The van der Waals surface area contributed by atoms with Gasteiger partial charge in [0, 0.05) is 29.7 Å². The molecule has 96 valence electrons. The SMILES string of the molecule is C=CCn1c(C)c(C)c2cc(CNCC)ccc21. The van der Waals surface area contributed by atoms with Gasteiger partial charge < -0.3 is 9.88 Å². The number of hydrogen-bond donors (Lipinski definition) is 1. The summed E-state index contributed by atoms with van der Waals surface area (Å²) in [6.45, 7) is 13.2. The summed E-state index contributed by atoms with van der Waals surface area (Å²) in [6, 6.07) is 6.74. The highest BCUT2D eigenvalue weighted by Crippen LogP contribution is 2.26. The van der Waals surface area contributed by atoms with Gasteiger partial charge in [0.25, 0.3) is 0 Å². The number of nitrogens with one attached hydrogen (secondary N) is 1. The van der Waals surface area contributed by atoms with Crippen molar-refractivity contribution in [1.29, 1.82) is 0 Å². The van der Waals surface area contributed by atoms with Crippen LogP contribution in [0, 0.1) is 13.8 Å². The van der Waals surface area contributed by atoms with Crippen LogP contribution < -0.4 is 5.32 Å². The zero-order valence-electron chi connectivity index (χ0n) is 11.6. The monoisotopic (exact) mass is 242 g/mol. The van der Waals surface area contributed by atoms with Crippen LogP contribution in [0.25, 0.3) is 10.9 Å². The molecule has 1 aromatic heterocycles. The van der Waals surface area contributed by atoms with Gasteiger partial charge in [-0.3, -0.25) is 0 Å². The fourth-order valence-corrected chi connectivity index (χ4v) is 2.44. The molecule has 1 heterocycles. The first-order valence-electron chi connectivity index (χ1n) is 6.59. The molecular formula is C16H22N2. The molecule has 1 aromatic carbocycles. The third kappa shape index (κ3) is 2.21. The summed E-state index contributed by atoms with van der Waals surface area (Å²) in [7, 11) is 0. The van der Waals surface area contributed by atoms with Gasteiger partial charge in [-0.05, 0) is 43.7 Å². The molecule has 0 radical (unpaired) electrons. The molecule has 18 heavy (non-hydrogen) atoms. The largest absolute Gasteiger partial charge is 0.341 e. The second kappa shape index (κ2) is 5.40. The lowest BCUT2D eigenvalue weighted by Crippen LogP contribution is -2.11. The van der Waals surface area contributed by atoms with Gasteiger partial charge in [-0.25, -0.2) is 0 Å². The van der Waals surface area contributed by atoms with Crippen LogP contribution in [0.4, 0.5) is 0 Å². The van der Waals surface area contributed by atoms with E-state index < -0.39 is 0 Å². The third-order valence-electron chi connectivity index (χ3n) is 3.59. The number of rotatable bonds is 5. The van der Waals surface area contributed by atoms with E-state index in [1.54, 1.807) is 0 Å². The van der Waals surface area contributed by atoms with Crippen molar-refractivity contribution in [3.05, 3.63) is 47.7 Å². The van der Waals surface area contributed by atoms with Crippen LogP contribution in [0.2, 0.25) is 0 Å².